The van der Waals surface area contributed by atoms with Crippen LogP contribution in [0.25, 0.3) is 11.0 Å². The van der Waals surface area contributed by atoms with E-state index in [1.54, 1.807) is 7.11 Å². The van der Waals surface area contributed by atoms with Crippen LogP contribution in [0, 0.1) is 5.82 Å². The molecule has 0 bridgehead atoms. The van der Waals surface area contributed by atoms with Crippen LogP contribution in [-0.4, -0.2) is 23.3 Å². The summed E-state index contributed by atoms with van der Waals surface area (Å²) in [5, 5.41) is -0.181. The number of halogens is 3. The van der Waals surface area contributed by atoms with E-state index in [1.165, 1.54) is 12.1 Å². The van der Waals surface area contributed by atoms with Gasteiger partial charge in [0.1, 0.15) is 11.6 Å². The molecule has 1 aromatic carbocycles. The second-order valence-electron chi connectivity index (χ2n) is 4.34. The molecule has 0 saturated heterocycles. The maximum atomic E-state index is 13.6. The lowest BCUT2D eigenvalue weighted by molar-refractivity contribution is 0.190. The Labute approximate surface area is 121 Å². The molecule has 2 aromatic rings. The van der Waals surface area contributed by atoms with Crippen molar-refractivity contribution in [2.24, 2.45) is 0 Å². The predicted octanol–water partition coefficient (Wildman–Crippen LogP) is 4.17. The number of methoxy groups -OCH3 is 1. The number of imidazole rings is 1. The first kappa shape index (κ1) is 14.6. The molecular weight excluding hydrogens is 290 g/mol. The van der Waals surface area contributed by atoms with Gasteiger partial charge in [0, 0.05) is 26.3 Å². The van der Waals surface area contributed by atoms with Gasteiger partial charge in [-0.2, -0.15) is 0 Å². The van der Waals surface area contributed by atoms with E-state index in [1.807, 2.05) is 11.5 Å². The van der Waals surface area contributed by atoms with Gasteiger partial charge in [-0.05, 0) is 19.4 Å². The van der Waals surface area contributed by atoms with Gasteiger partial charge >= 0.3 is 0 Å². The second-order valence-corrected chi connectivity index (χ2v) is 5.40. The van der Waals surface area contributed by atoms with Gasteiger partial charge in [-0.1, -0.05) is 11.6 Å². The molecule has 1 heterocycles. The van der Waals surface area contributed by atoms with Crippen molar-refractivity contribution in [2.45, 2.75) is 25.3 Å². The van der Waals surface area contributed by atoms with Crippen LogP contribution in [0.15, 0.2) is 12.1 Å². The molecule has 0 amide bonds. The molecule has 0 spiro atoms. The summed E-state index contributed by atoms with van der Waals surface area (Å²) in [6.07, 6.45) is 0.808. The highest BCUT2D eigenvalue weighted by atomic mass is 35.5. The van der Waals surface area contributed by atoms with Gasteiger partial charge in [0.2, 0.25) is 0 Å². The first-order valence-corrected chi connectivity index (χ1v) is 6.84. The zero-order valence-corrected chi connectivity index (χ0v) is 12.3. The van der Waals surface area contributed by atoms with Crippen LogP contribution < -0.4 is 0 Å². The Morgan fingerprint density at radius 3 is 2.84 bits per heavy atom. The van der Waals surface area contributed by atoms with E-state index in [-0.39, 0.29) is 10.4 Å². The van der Waals surface area contributed by atoms with Crippen molar-refractivity contribution in [1.82, 2.24) is 9.55 Å². The molecule has 1 aromatic heterocycles. The average molecular weight is 305 g/mol. The van der Waals surface area contributed by atoms with E-state index in [0.29, 0.717) is 24.2 Å². The molecule has 6 heteroatoms. The van der Waals surface area contributed by atoms with Crippen LogP contribution in [0.2, 0.25) is 5.02 Å². The molecule has 2 rings (SSSR count). The largest absolute Gasteiger partial charge is 0.385 e. The van der Waals surface area contributed by atoms with Crippen LogP contribution in [0.5, 0.6) is 0 Å². The van der Waals surface area contributed by atoms with E-state index < -0.39 is 5.82 Å². The van der Waals surface area contributed by atoms with Crippen molar-refractivity contribution < 1.29 is 9.13 Å². The maximum absolute atomic E-state index is 13.6. The van der Waals surface area contributed by atoms with Gasteiger partial charge < -0.3 is 9.30 Å². The third kappa shape index (κ3) is 3.02. The minimum atomic E-state index is -0.448. The van der Waals surface area contributed by atoms with Gasteiger partial charge in [0.15, 0.2) is 0 Å². The Morgan fingerprint density at radius 2 is 2.21 bits per heavy atom. The molecule has 19 heavy (non-hydrogen) atoms. The first-order valence-electron chi connectivity index (χ1n) is 6.02. The van der Waals surface area contributed by atoms with Crippen molar-refractivity contribution >= 4 is 34.2 Å². The lowest BCUT2D eigenvalue weighted by atomic mass is 10.3. The number of aromatic nitrogens is 2. The van der Waals surface area contributed by atoms with E-state index in [0.717, 1.165) is 12.2 Å². The third-order valence-corrected chi connectivity index (χ3v) is 3.39. The third-order valence-electron chi connectivity index (χ3n) is 2.91. The van der Waals surface area contributed by atoms with E-state index >= 15 is 0 Å². The Hall–Kier alpha value is -0.840. The molecule has 1 atom stereocenters. The quantitative estimate of drug-likeness (QED) is 0.612. The molecule has 1 unspecified atom stereocenters. The zero-order chi connectivity index (χ0) is 14.0. The molecule has 3 nitrogen and oxygen atoms in total. The number of nitrogens with zero attached hydrogens (tertiary/aromatic N) is 2. The Balaban J connectivity index is 2.49. The summed E-state index contributed by atoms with van der Waals surface area (Å²) in [4.78, 5) is 4.43. The number of rotatable bonds is 5. The highest BCUT2D eigenvalue weighted by Gasteiger charge is 2.16. The topological polar surface area (TPSA) is 27.1 Å². The summed E-state index contributed by atoms with van der Waals surface area (Å²) in [6, 6.07) is 2.93. The van der Waals surface area contributed by atoms with Gasteiger partial charge in [0.25, 0.3) is 0 Å². The molecule has 0 aliphatic rings. The Kier molecular flexibility index (Phi) is 4.66. The van der Waals surface area contributed by atoms with Crippen LogP contribution in [-0.2, 0) is 11.3 Å². The van der Waals surface area contributed by atoms with Crippen molar-refractivity contribution in [3.63, 3.8) is 0 Å². The SMILES string of the molecule is COCCCn1c(C(C)Cl)nc2cc(Cl)c(F)cc21. The maximum Gasteiger partial charge on any atom is 0.144 e. The normalized spacial score (nSPS) is 13.1. The second kappa shape index (κ2) is 6.07. The van der Waals surface area contributed by atoms with E-state index in [4.69, 9.17) is 27.9 Å². The van der Waals surface area contributed by atoms with Crippen molar-refractivity contribution in [3.8, 4) is 0 Å². The van der Waals surface area contributed by atoms with Crippen LogP contribution in [0.1, 0.15) is 24.5 Å². The molecule has 0 fully saturated rings. The average Bonchev–Trinajstić information content (AvgIpc) is 2.69. The Bertz CT molecular complexity index is 584. The lowest BCUT2D eigenvalue weighted by Crippen LogP contribution is -2.06. The molecule has 0 aliphatic heterocycles. The molecular formula is C13H15Cl2FN2O. The fraction of sp³-hybridized carbons (Fsp3) is 0.462. The summed E-state index contributed by atoms with van der Waals surface area (Å²) >= 11 is 11.9. The number of aryl methyl sites for hydroxylation is 1. The van der Waals surface area contributed by atoms with Gasteiger partial charge in [-0.15, -0.1) is 11.6 Å². The predicted molar refractivity (Wildman–Crippen MR) is 75.5 cm³/mol. The highest BCUT2D eigenvalue weighted by Crippen LogP contribution is 2.28. The summed E-state index contributed by atoms with van der Waals surface area (Å²) in [6.45, 7) is 3.15. The number of fused-ring (bicyclic) bond motifs is 1. The van der Waals surface area contributed by atoms with E-state index in [9.17, 15) is 4.39 Å². The molecule has 0 radical (unpaired) electrons. The monoisotopic (exact) mass is 304 g/mol. The summed E-state index contributed by atoms with van der Waals surface area (Å²) < 4.78 is 20.6. The molecule has 0 N–H and O–H groups in total. The zero-order valence-electron chi connectivity index (χ0n) is 10.8. The van der Waals surface area contributed by atoms with Gasteiger partial charge in [0.05, 0.1) is 21.4 Å². The summed E-state index contributed by atoms with van der Waals surface area (Å²) in [5.41, 5.74) is 1.37. The fourth-order valence-electron chi connectivity index (χ4n) is 2.04. The number of alkyl halides is 1. The standard InChI is InChI=1S/C13H15Cl2FN2O/c1-8(14)13-17-11-6-9(15)10(16)7-12(11)18(13)4-3-5-19-2/h6-8H,3-5H2,1-2H3. The van der Waals surface area contributed by atoms with Gasteiger partial charge in [-0.25, -0.2) is 9.37 Å². The Morgan fingerprint density at radius 1 is 1.47 bits per heavy atom. The number of ether oxygens (including phenoxy) is 1. The van der Waals surface area contributed by atoms with Gasteiger partial charge in [-0.3, -0.25) is 0 Å². The van der Waals surface area contributed by atoms with Crippen molar-refractivity contribution in [3.05, 3.63) is 28.8 Å². The minimum Gasteiger partial charge on any atom is -0.385 e. The van der Waals surface area contributed by atoms with Crippen molar-refractivity contribution in [2.75, 3.05) is 13.7 Å². The molecule has 104 valence electrons. The number of hydrogen-bond acceptors (Lipinski definition) is 2. The first-order chi connectivity index (χ1) is 9.04. The molecule has 0 saturated carbocycles. The van der Waals surface area contributed by atoms with E-state index in [2.05, 4.69) is 4.98 Å². The van der Waals surface area contributed by atoms with Crippen molar-refractivity contribution in [1.29, 1.82) is 0 Å². The van der Waals surface area contributed by atoms with Crippen LogP contribution in [0.3, 0.4) is 0 Å². The number of hydrogen-bond donors (Lipinski definition) is 0. The van der Waals surface area contributed by atoms with Crippen LogP contribution >= 0.6 is 23.2 Å². The van der Waals surface area contributed by atoms with Crippen LogP contribution in [0.4, 0.5) is 4.39 Å². The lowest BCUT2D eigenvalue weighted by Gasteiger charge is -2.10. The highest BCUT2D eigenvalue weighted by molar-refractivity contribution is 6.31. The summed E-state index contributed by atoms with van der Waals surface area (Å²) in [7, 11) is 1.65. The number of benzene rings is 1. The summed E-state index contributed by atoms with van der Waals surface area (Å²) in [5.74, 6) is 0.269. The fourth-order valence-corrected chi connectivity index (χ4v) is 2.37. The smallest absolute Gasteiger partial charge is 0.144 e. The molecule has 0 aliphatic carbocycles. The minimum absolute atomic E-state index is 0.0721.